The predicted octanol–water partition coefficient (Wildman–Crippen LogP) is 15.4. The number of aryl methyl sites for hydroxylation is 1. The Kier molecular flexibility index (Phi) is 30.5. The van der Waals surface area contributed by atoms with Crippen molar-refractivity contribution in [2.24, 2.45) is 0 Å². The van der Waals surface area contributed by atoms with Gasteiger partial charge in [-0.05, 0) is 83.8 Å². The van der Waals surface area contributed by atoms with Gasteiger partial charge in [0.15, 0.2) is 0 Å². The molecule has 0 spiro atoms. The molecule has 1 aromatic rings. The topological polar surface area (TPSA) is 40.1 Å². The van der Waals surface area contributed by atoms with E-state index in [2.05, 4.69) is 40.7 Å². The minimum absolute atomic E-state index is 0.230. The molecule has 0 aliphatic carbocycles. The summed E-state index contributed by atoms with van der Waals surface area (Å²) in [6.45, 7) is 11.3. The summed E-state index contributed by atoms with van der Waals surface area (Å²) in [7, 11) is 0. The van der Waals surface area contributed by atoms with Crippen molar-refractivity contribution in [3.8, 4) is 0 Å². The van der Waals surface area contributed by atoms with Crippen molar-refractivity contribution in [1.82, 2.24) is 0 Å². The smallest absolute Gasteiger partial charge is 0.0289 e. The molecule has 1 aromatic carbocycles. The first-order valence-corrected chi connectivity index (χ1v) is 22.8. The summed E-state index contributed by atoms with van der Waals surface area (Å²) in [5.41, 5.74) is 5.45. The van der Waals surface area contributed by atoms with E-state index in [1.165, 1.54) is 204 Å². The first-order valence-electron chi connectivity index (χ1n) is 21.7. The van der Waals surface area contributed by atoms with Crippen molar-refractivity contribution in [3.63, 3.8) is 0 Å². The second-order valence-electron chi connectivity index (χ2n) is 15.6. The van der Waals surface area contributed by atoms with Gasteiger partial charge < -0.3 is 4.55 Å². The summed E-state index contributed by atoms with van der Waals surface area (Å²) in [5.74, 6) is 0.230. The highest BCUT2D eigenvalue weighted by Crippen LogP contribution is 2.35. The molecule has 0 aliphatic heterocycles. The van der Waals surface area contributed by atoms with Gasteiger partial charge in [-0.2, -0.15) is 0 Å². The molecule has 3 heteroatoms. The van der Waals surface area contributed by atoms with E-state index in [4.69, 9.17) is 0 Å². The molecule has 0 bridgehead atoms. The third-order valence-corrected chi connectivity index (χ3v) is 11.5. The molecule has 0 saturated heterocycles. The summed E-state index contributed by atoms with van der Waals surface area (Å²) in [5, 5.41) is 0. The molecule has 1 unspecified atom stereocenters. The van der Waals surface area contributed by atoms with Gasteiger partial charge in [-0.25, -0.2) is 0 Å². The van der Waals surface area contributed by atoms with E-state index in [9.17, 15) is 8.76 Å². The lowest BCUT2D eigenvalue weighted by molar-refractivity contribution is 0.533. The monoisotopic (exact) mass is 688 g/mol. The zero-order valence-electron chi connectivity index (χ0n) is 33.2. The van der Waals surface area contributed by atoms with Crippen molar-refractivity contribution in [2.45, 2.75) is 257 Å². The van der Waals surface area contributed by atoms with Gasteiger partial charge in [0.05, 0.1) is 0 Å². The minimum atomic E-state index is -2.19. The maximum absolute atomic E-state index is 12.7. The van der Waals surface area contributed by atoms with Crippen LogP contribution in [0.3, 0.4) is 0 Å². The van der Waals surface area contributed by atoms with Crippen LogP contribution in [-0.2, 0) is 30.3 Å². The standard InChI is InChI=1S/C45H84O2S/c1-6-9-12-15-18-21-24-27-30-33-36-41-39-44(48(46)47)45(40(4)5)43(38-35-32-29-26-23-20-17-14-11-8-3)42(41)37-34-31-28-25-22-19-16-13-10-7-2/h39-40H,6-38H2,1-5H3,(H,46,47)/p-1. The largest absolute Gasteiger partial charge is 0.768 e. The fraction of sp³-hybridized carbons (Fsp3) is 0.867. The fourth-order valence-corrected chi connectivity index (χ4v) is 8.58. The molecular formula is C45H83O2S-. The Balaban J connectivity index is 2.90. The Labute approximate surface area is 304 Å². The Hall–Kier alpha value is -0.670. The third kappa shape index (κ3) is 22.2. The van der Waals surface area contributed by atoms with E-state index >= 15 is 0 Å². The SMILES string of the molecule is CCCCCCCCCCCCc1cc(S(=O)[O-])c(C(C)C)c(CCCCCCCCCCCC)c1CCCCCCCCCCCC. The number of benzene rings is 1. The first kappa shape index (κ1) is 45.4. The van der Waals surface area contributed by atoms with E-state index in [0.29, 0.717) is 4.90 Å². The van der Waals surface area contributed by atoms with Crippen LogP contribution < -0.4 is 0 Å². The Bertz CT molecular complexity index is 891. The number of hydrogen-bond donors (Lipinski definition) is 0. The van der Waals surface area contributed by atoms with Crippen LogP contribution >= 0.6 is 0 Å². The van der Waals surface area contributed by atoms with Crippen LogP contribution in [0, 0.1) is 0 Å². The van der Waals surface area contributed by atoms with E-state index in [1.807, 2.05) is 0 Å². The summed E-state index contributed by atoms with van der Waals surface area (Å²) in [6.07, 6.45) is 43.6. The lowest BCUT2D eigenvalue weighted by Gasteiger charge is -2.26. The van der Waals surface area contributed by atoms with Gasteiger partial charge in [0, 0.05) is 4.90 Å². The quantitative estimate of drug-likeness (QED) is 0.0526. The molecule has 0 radical (unpaired) electrons. The number of unbranched alkanes of at least 4 members (excludes halogenated alkanes) is 27. The first-order chi connectivity index (χ1) is 23.5. The van der Waals surface area contributed by atoms with Gasteiger partial charge in [-0.3, -0.25) is 4.21 Å². The summed E-state index contributed by atoms with van der Waals surface area (Å²) in [4.78, 5) is 0.598. The highest BCUT2D eigenvalue weighted by molar-refractivity contribution is 7.79. The molecule has 1 rings (SSSR count). The molecule has 0 heterocycles. The van der Waals surface area contributed by atoms with Crippen molar-refractivity contribution in [3.05, 3.63) is 28.3 Å². The molecule has 0 fully saturated rings. The zero-order valence-corrected chi connectivity index (χ0v) is 34.0. The lowest BCUT2D eigenvalue weighted by atomic mass is 9.83. The second-order valence-corrected chi connectivity index (χ2v) is 16.5. The van der Waals surface area contributed by atoms with Crippen LogP contribution in [0.25, 0.3) is 0 Å². The molecule has 0 aromatic heterocycles. The van der Waals surface area contributed by atoms with Crippen molar-refractivity contribution in [2.75, 3.05) is 0 Å². The Morgan fingerprint density at radius 1 is 0.458 bits per heavy atom. The van der Waals surface area contributed by atoms with Crippen LogP contribution in [0.1, 0.15) is 255 Å². The summed E-state index contributed by atoms with van der Waals surface area (Å²) >= 11 is -2.19. The predicted molar refractivity (Wildman–Crippen MR) is 214 cm³/mol. The van der Waals surface area contributed by atoms with Crippen molar-refractivity contribution >= 4 is 11.1 Å². The normalized spacial score (nSPS) is 12.4. The lowest BCUT2D eigenvalue weighted by Crippen LogP contribution is -2.12. The third-order valence-electron chi connectivity index (χ3n) is 10.8. The number of hydrogen-bond acceptors (Lipinski definition) is 2. The molecule has 1 atom stereocenters. The van der Waals surface area contributed by atoms with Crippen molar-refractivity contribution < 1.29 is 8.76 Å². The van der Waals surface area contributed by atoms with Crippen LogP contribution in [0.5, 0.6) is 0 Å². The minimum Gasteiger partial charge on any atom is -0.768 e. The highest BCUT2D eigenvalue weighted by Gasteiger charge is 2.20. The van der Waals surface area contributed by atoms with Gasteiger partial charge in [-0.15, -0.1) is 0 Å². The molecule has 282 valence electrons. The Morgan fingerprint density at radius 3 is 1.06 bits per heavy atom. The summed E-state index contributed by atoms with van der Waals surface area (Å²) in [6, 6.07) is 2.11. The zero-order chi connectivity index (χ0) is 35.1. The molecule has 0 N–H and O–H groups in total. The van der Waals surface area contributed by atoms with Crippen LogP contribution in [-0.4, -0.2) is 8.76 Å². The van der Waals surface area contributed by atoms with Crippen molar-refractivity contribution in [1.29, 1.82) is 0 Å². The Morgan fingerprint density at radius 2 is 0.750 bits per heavy atom. The molecule has 0 aliphatic rings. The van der Waals surface area contributed by atoms with Crippen LogP contribution in [0.4, 0.5) is 0 Å². The molecule has 2 nitrogen and oxygen atoms in total. The average molecular weight is 688 g/mol. The average Bonchev–Trinajstić information content (AvgIpc) is 3.07. The number of rotatable bonds is 35. The van der Waals surface area contributed by atoms with Gasteiger partial charge in [0.1, 0.15) is 0 Å². The fourth-order valence-electron chi connectivity index (χ4n) is 7.80. The van der Waals surface area contributed by atoms with Crippen LogP contribution in [0.2, 0.25) is 0 Å². The van der Waals surface area contributed by atoms with Gasteiger partial charge in [0.2, 0.25) is 0 Å². The van der Waals surface area contributed by atoms with Gasteiger partial charge >= 0.3 is 0 Å². The summed E-state index contributed by atoms with van der Waals surface area (Å²) < 4.78 is 25.3. The maximum Gasteiger partial charge on any atom is 0.0289 e. The molecular weight excluding hydrogens is 605 g/mol. The van der Waals surface area contributed by atoms with E-state index in [1.54, 1.807) is 5.56 Å². The van der Waals surface area contributed by atoms with E-state index in [-0.39, 0.29) is 5.92 Å². The second kappa shape index (κ2) is 32.3. The van der Waals surface area contributed by atoms with E-state index < -0.39 is 11.1 Å². The molecule has 48 heavy (non-hydrogen) atoms. The van der Waals surface area contributed by atoms with Gasteiger partial charge in [-0.1, -0.05) is 208 Å². The molecule has 0 saturated carbocycles. The molecule has 0 amide bonds. The highest BCUT2D eigenvalue weighted by atomic mass is 32.2. The maximum atomic E-state index is 12.7. The van der Waals surface area contributed by atoms with Gasteiger partial charge in [0.25, 0.3) is 0 Å². The van der Waals surface area contributed by atoms with E-state index in [0.717, 1.165) is 24.8 Å². The van der Waals surface area contributed by atoms with Crippen LogP contribution in [0.15, 0.2) is 11.0 Å².